The number of nitrogen functional groups attached to an aromatic ring is 1. The molecule has 0 aliphatic carbocycles. The first-order valence-corrected chi connectivity index (χ1v) is 10.9. The third kappa shape index (κ3) is 3.94. The van der Waals surface area contributed by atoms with Crippen LogP contribution in [0.1, 0.15) is 29.2 Å². The molecule has 1 saturated heterocycles. The van der Waals surface area contributed by atoms with Crippen LogP contribution in [0.2, 0.25) is 0 Å². The molecular formula is C25H25N5O3. The largest absolute Gasteiger partial charge is 0.394 e. The lowest BCUT2D eigenvalue weighted by atomic mass is 10.0. The van der Waals surface area contributed by atoms with E-state index in [-0.39, 0.29) is 30.1 Å². The highest BCUT2D eigenvalue weighted by atomic mass is 16.5. The second-order valence-electron chi connectivity index (χ2n) is 8.26. The van der Waals surface area contributed by atoms with Crippen LogP contribution >= 0.6 is 0 Å². The van der Waals surface area contributed by atoms with Gasteiger partial charge in [-0.1, -0.05) is 48.5 Å². The Labute approximate surface area is 190 Å². The van der Waals surface area contributed by atoms with E-state index in [1.807, 2.05) is 60.7 Å². The Morgan fingerprint density at radius 2 is 1.88 bits per heavy atom. The molecule has 168 valence electrons. The molecular weight excluding hydrogens is 418 g/mol. The standard InChI is InChI=1S/C25H25N5O3/c26-24-22(25(27)32)23(29-30(24)18-9-10-19(13-31)33-14-18)17-7-6-16-8-11-20(28-21(16)12-17)15-4-2-1-3-5-15/h1-8,11-12,18-19,31H,9-10,13-14,26H2,(H2,27,32). The number of hydrogen-bond donors (Lipinski definition) is 3. The van der Waals surface area contributed by atoms with Crippen molar-refractivity contribution in [2.45, 2.75) is 25.0 Å². The molecule has 1 aliphatic rings. The number of primary amides is 1. The van der Waals surface area contributed by atoms with Crippen molar-refractivity contribution < 1.29 is 14.6 Å². The highest BCUT2D eigenvalue weighted by Gasteiger charge is 2.29. The summed E-state index contributed by atoms with van der Waals surface area (Å²) in [6.07, 6.45) is 1.23. The van der Waals surface area contributed by atoms with Gasteiger partial charge < -0.3 is 21.3 Å². The lowest BCUT2D eigenvalue weighted by molar-refractivity contribution is -0.0406. The number of carbonyl (C=O) groups excluding carboxylic acids is 1. The second-order valence-corrected chi connectivity index (χ2v) is 8.26. The van der Waals surface area contributed by atoms with E-state index in [1.54, 1.807) is 4.68 Å². The second kappa shape index (κ2) is 8.65. The van der Waals surface area contributed by atoms with Crippen LogP contribution in [-0.2, 0) is 4.74 Å². The van der Waals surface area contributed by atoms with Gasteiger partial charge in [0, 0.05) is 16.5 Å². The molecule has 2 atom stereocenters. The van der Waals surface area contributed by atoms with Crippen LogP contribution in [0, 0.1) is 0 Å². The van der Waals surface area contributed by atoms with Gasteiger partial charge in [0.25, 0.3) is 5.91 Å². The molecule has 1 aliphatic heterocycles. The third-order valence-electron chi connectivity index (χ3n) is 6.12. The number of nitrogens with two attached hydrogens (primary N) is 2. The quantitative estimate of drug-likeness (QED) is 0.434. The molecule has 8 heteroatoms. The monoisotopic (exact) mass is 443 g/mol. The summed E-state index contributed by atoms with van der Waals surface area (Å²) < 4.78 is 7.31. The van der Waals surface area contributed by atoms with Crippen LogP contribution in [0.25, 0.3) is 33.4 Å². The van der Waals surface area contributed by atoms with Gasteiger partial charge in [-0.3, -0.25) is 4.79 Å². The molecule has 0 saturated carbocycles. The van der Waals surface area contributed by atoms with Crippen molar-refractivity contribution in [2.24, 2.45) is 5.73 Å². The van der Waals surface area contributed by atoms with Gasteiger partial charge in [-0.25, -0.2) is 9.67 Å². The van der Waals surface area contributed by atoms with Crippen molar-refractivity contribution in [3.05, 3.63) is 66.2 Å². The number of rotatable bonds is 5. The molecule has 8 nitrogen and oxygen atoms in total. The Kier molecular flexibility index (Phi) is 5.53. The Hall–Kier alpha value is -3.75. The van der Waals surface area contributed by atoms with Crippen molar-refractivity contribution in [3.8, 4) is 22.5 Å². The molecule has 0 radical (unpaired) electrons. The SMILES string of the molecule is NC(=O)c1c(-c2ccc3ccc(-c4ccccc4)nc3c2)nn(C2CCC(CO)OC2)c1N. The van der Waals surface area contributed by atoms with E-state index < -0.39 is 5.91 Å². The number of benzene rings is 2. The minimum Gasteiger partial charge on any atom is -0.394 e. The van der Waals surface area contributed by atoms with E-state index in [0.29, 0.717) is 24.3 Å². The molecule has 2 unspecified atom stereocenters. The molecule has 2 aromatic heterocycles. The summed E-state index contributed by atoms with van der Waals surface area (Å²) in [6, 6.07) is 19.6. The zero-order chi connectivity index (χ0) is 22.9. The van der Waals surface area contributed by atoms with Crippen LogP contribution in [0.5, 0.6) is 0 Å². The van der Waals surface area contributed by atoms with Gasteiger partial charge in [-0.05, 0) is 25.0 Å². The van der Waals surface area contributed by atoms with Crippen LogP contribution in [-0.4, -0.2) is 45.1 Å². The fourth-order valence-corrected chi connectivity index (χ4v) is 4.33. The van der Waals surface area contributed by atoms with E-state index in [2.05, 4.69) is 5.10 Å². The van der Waals surface area contributed by atoms with E-state index in [4.69, 9.17) is 21.2 Å². The Morgan fingerprint density at radius 1 is 1.09 bits per heavy atom. The van der Waals surface area contributed by atoms with Crippen molar-refractivity contribution >= 4 is 22.6 Å². The summed E-state index contributed by atoms with van der Waals surface area (Å²) in [5, 5.41) is 15.0. The number of aliphatic hydroxyl groups excluding tert-OH is 1. The maximum Gasteiger partial charge on any atom is 0.254 e. The summed E-state index contributed by atoms with van der Waals surface area (Å²) in [4.78, 5) is 17.1. The van der Waals surface area contributed by atoms with Crippen molar-refractivity contribution in [1.29, 1.82) is 0 Å². The Morgan fingerprint density at radius 3 is 2.58 bits per heavy atom. The normalized spacial score (nSPS) is 18.5. The Bertz CT molecular complexity index is 1310. The maximum atomic E-state index is 12.3. The topological polar surface area (TPSA) is 129 Å². The van der Waals surface area contributed by atoms with Gasteiger partial charge in [-0.2, -0.15) is 5.10 Å². The zero-order valence-electron chi connectivity index (χ0n) is 18.0. The average Bonchev–Trinajstić information content (AvgIpc) is 3.21. The summed E-state index contributed by atoms with van der Waals surface area (Å²) in [5.74, 6) is -0.413. The molecule has 2 aromatic carbocycles. The number of hydrogen-bond acceptors (Lipinski definition) is 6. The molecule has 33 heavy (non-hydrogen) atoms. The molecule has 5 rings (SSSR count). The lowest BCUT2D eigenvalue weighted by Gasteiger charge is -2.28. The van der Waals surface area contributed by atoms with Crippen LogP contribution in [0.4, 0.5) is 5.82 Å². The van der Waals surface area contributed by atoms with E-state index >= 15 is 0 Å². The number of nitrogens with zero attached hydrogens (tertiary/aromatic N) is 3. The number of ether oxygens (including phenoxy) is 1. The fourth-order valence-electron chi connectivity index (χ4n) is 4.33. The highest BCUT2D eigenvalue weighted by Crippen LogP contribution is 2.33. The molecule has 3 heterocycles. The summed E-state index contributed by atoms with van der Waals surface area (Å²) in [6.45, 7) is 0.336. The van der Waals surface area contributed by atoms with Crippen LogP contribution in [0.3, 0.4) is 0 Å². The van der Waals surface area contributed by atoms with Crippen LogP contribution < -0.4 is 11.5 Å². The van der Waals surface area contributed by atoms with Gasteiger partial charge in [0.1, 0.15) is 17.1 Å². The molecule has 4 aromatic rings. The van der Waals surface area contributed by atoms with Crippen molar-refractivity contribution in [2.75, 3.05) is 18.9 Å². The van der Waals surface area contributed by atoms with Crippen molar-refractivity contribution in [3.63, 3.8) is 0 Å². The smallest absolute Gasteiger partial charge is 0.254 e. The summed E-state index contributed by atoms with van der Waals surface area (Å²) in [7, 11) is 0. The number of anilines is 1. The molecule has 5 N–H and O–H groups in total. The predicted octanol–water partition coefficient (Wildman–Crippen LogP) is 3.16. The first-order chi connectivity index (χ1) is 16.0. The number of fused-ring (bicyclic) bond motifs is 1. The summed E-state index contributed by atoms with van der Waals surface area (Å²) in [5.41, 5.74) is 16.0. The molecule has 1 amide bonds. The minimum atomic E-state index is -0.634. The maximum absolute atomic E-state index is 12.3. The number of carbonyl (C=O) groups is 1. The van der Waals surface area contributed by atoms with Crippen LogP contribution in [0.15, 0.2) is 60.7 Å². The van der Waals surface area contributed by atoms with Gasteiger partial charge in [0.2, 0.25) is 0 Å². The fraction of sp³-hybridized carbons (Fsp3) is 0.240. The van der Waals surface area contributed by atoms with Crippen molar-refractivity contribution in [1.82, 2.24) is 14.8 Å². The van der Waals surface area contributed by atoms with Gasteiger partial charge in [-0.15, -0.1) is 0 Å². The molecule has 1 fully saturated rings. The average molecular weight is 444 g/mol. The van der Waals surface area contributed by atoms with Gasteiger partial charge >= 0.3 is 0 Å². The Balaban J connectivity index is 1.56. The molecule has 0 spiro atoms. The number of amides is 1. The minimum absolute atomic E-state index is 0.0197. The first-order valence-electron chi connectivity index (χ1n) is 10.9. The van der Waals surface area contributed by atoms with E-state index in [1.165, 1.54) is 0 Å². The lowest BCUT2D eigenvalue weighted by Crippen LogP contribution is -2.31. The van der Waals surface area contributed by atoms with Gasteiger partial charge in [0.05, 0.1) is 36.6 Å². The highest BCUT2D eigenvalue weighted by molar-refractivity contribution is 6.04. The van der Waals surface area contributed by atoms with Gasteiger partial charge in [0.15, 0.2) is 0 Å². The number of aromatic nitrogens is 3. The van der Waals surface area contributed by atoms with E-state index in [9.17, 15) is 9.90 Å². The molecule has 0 bridgehead atoms. The summed E-state index contributed by atoms with van der Waals surface area (Å²) >= 11 is 0. The zero-order valence-corrected chi connectivity index (χ0v) is 18.0. The third-order valence-corrected chi connectivity index (χ3v) is 6.12. The number of pyridine rings is 1. The predicted molar refractivity (Wildman–Crippen MR) is 126 cm³/mol. The number of aliphatic hydroxyl groups is 1. The first kappa shape index (κ1) is 21.1. The van der Waals surface area contributed by atoms with E-state index in [0.717, 1.165) is 28.6 Å².